The third kappa shape index (κ3) is 27.6. The Morgan fingerprint density at radius 3 is 1.32 bits per heavy atom. The van der Waals surface area contributed by atoms with Gasteiger partial charge in [-0.15, -0.1) is 0 Å². The molecule has 0 bridgehead atoms. The summed E-state index contributed by atoms with van der Waals surface area (Å²) in [5, 5.41) is 31.5. The minimum absolute atomic E-state index is 0.0260. The van der Waals surface area contributed by atoms with Crippen LogP contribution in [0.3, 0.4) is 0 Å². The molecule has 0 spiro atoms. The van der Waals surface area contributed by atoms with E-state index in [0.717, 1.165) is 17.8 Å². The summed E-state index contributed by atoms with van der Waals surface area (Å²) in [5.74, 6) is -9.94. The predicted molar refractivity (Wildman–Crippen MR) is 430 cm³/mol. The Bertz CT molecular complexity index is 4290. The van der Waals surface area contributed by atoms with Gasteiger partial charge in [-0.05, 0) is 130 Å². The van der Waals surface area contributed by atoms with Crippen LogP contribution in [0.15, 0.2) is 127 Å². The number of nitrogens with zero attached hydrogens (tertiary/aromatic N) is 3. The molecule has 11 unspecified atom stereocenters. The molecule has 0 radical (unpaired) electrons. The van der Waals surface area contributed by atoms with E-state index in [-0.39, 0.29) is 95.2 Å². The second kappa shape index (κ2) is 44.5. The molecule has 0 aliphatic carbocycles. The number of nitrogens with one attached hydrogen (secondary N) is 10. The Morgan fingerprint density at radius 2 is 0.868 bits per heavy atom. The van der Waals surface area contributed by atoms with Crippen LogP contribution in [0.2, 0.25) is 0 Å². The number of aromatic amines is 2. The number of para-hydroxylation sites is 2. The summed E-state index contributed by atoms with van der Waals surface area (Å²) in [5.41, 5.74) is 38.4. The van der Waals surface area contributed by atoms with Gasteiger partial charge in [0.2, 0.25) is 70.9 Å². The van der Waals surface area contributed by atoms with Gasteiger partial charge in [0, 0.05) is 92.9 Å². The van der Waals surface area contributed by atoms with Gasteiger partial charge in [0.25, 0.3) is 5.97 Å². The van der Waals surface area contributed by atoms with Crippen molar-refractivity contribution in [2.24, 2.45) is 51.2 Å². The molecule has 12 amide bonds. The number of carboxylic acids is 1. The fraction of sp³-hybridized carbons (Fsp3) is 0.481. The highest BCUT2D eigenvalue weighted by atomic mass is 16.4. The van der Waals surface area contributed by atoms with Gasteiger partial charge >= 0.3 is 0 Å². The van der Waals surface area contributed by atoms with Crippen LogP contribution in [0.5, 0.6) is 0 Å². The lowest BCUT2D eigenvalue weighted by Gasteiger charge is -2.32. The highest BCUT2D eigenvalue weighted by Crippen LogP contribution is 2.26. The van der Waals surface area contributed by atoms with Gasteiger partial charge in [-0.2, -0.15) is 0 Å². The van der Waals surface area contributed by atoms with Gasteiger partial charge in [0.1, 0.15) is 60.4 Å². The molecule has 2 saturated heterocycles. The molecule has 2 fully saturated rings. The summed E-state index contributed by atoms with van der Waals surface area (Å²) in [7, 11) is 0. The number of H-pyrrole nitrogens is 2. The Labute approximate surface area is 662 Å². The summed E-state index contributed by atoms with van der Waals surface area (Å²) < 4.78 is 0. The number of benzene rings is 4. The molecule has 4 aromatic carbocycles. The third-order valence-electron chi connectivity index (χ3n) is 19.8. The molecule has 0 saturated carbocycles. The maximum absolute atomic E-state index is 15.5. The van der Waals surface area contributed by atoms with E-state index in [1.54, 1.807) is 79.1 Å². The van der Waals surface area contributed by atoms with Gasteiger partial charge in [-0.1, -0.05) is 125 Å². The number of likely N-dealkylation sites (tertiary alicyclic amines) is 2. The lowest BCUT2D eigenvalue weighted by Crippen LogP contribution is -2.61. The quantitative estimate of drug-likeness (QED) is 0.0146. The minimum atomic E-state index is -1.62. The van der Waals surface area contributed by atoms with Crippen molar-refractivity contribution >= 4 is 105 Å². The predicted octanol–water partition coefficient (Wildman–Crippen LogP) is 1.22. The number of carbonyl (C=O) groups is 13. The van der Waals surface area contributed by atoms with E-state index in [0.29, 0.717) is 78.2 Å². The molecule has 2 aliphatic rings. The number of hydrogen-bond acceptors (Lipinski definition) is 16. The SMILES string of the molecule is CC(=O)O.CC(C)CC(NC(=O)C(CC(C)C)NC(=O)C(Cc1c[nH]c2ccccc12)NC(=O)C(Cc1ccccc1)NC(=O)C(Cc1c[nH]c2ccccc12)NC(=O)C(CCC(N)=O)NC(=O)C(Cc1ccccc1)NC(=O)C1CCCN1C(=O)C(CCCCN)NC(=O)C1CCCN1C(=O)C(N)CCCN=C(N)N)C(N)=O. The highest BCUT2D eigenvalue weighted by Gasteiger charge is 2.43. The zero-order valence-corrected chi connectivity index (χ0v) is 65.5. The number of aliphatic imine (C=N–C) groups is 1. The van der Waals surface area contributed by atoms with E-state index in [4.69, 9.17) is 44.3 Å². The fourth-order valence-electron chi connectivity index (χ4n) is 14.1. The number of primary amides is 2. The third-order valence-corrected chi connectivity index (χ3v) is 19.8. The molecular formula is C81H113N19O14. The Hall–Kier alpha value is -11.7. The summed E-state index contributed by atoms with van der Waals surface area (Å²) in [4.78, 5) is 196. The van der Waals surface area contributed by atoms with Crippen LogP contribution in [0, 0.1) is 11.8 Å². The zero-order valence-electron chi connectivity index (χ0n) is 65.5. The second-order valence-corrected chi connectivity index (χ2v) is 29.9. The largest absolute Gasteiger partial charge is 0.481 e. The lowest BCUT2D eigenvalue weighted by atomic mass is 9.98. The molecule has 616 valence electrons. The zero-order chi connectivity index (χ0) is 83.1. The minimum Gasteiger partial charge on any atom is -0.481 e. The van der Waals surface area contributed by atoms with Crippen LogP contribution in [0.4, 0.5) is 0 Å². The standard InChI is InChI=1S/C79H109N19O12.C2H4O2/c1-46(2)38-59(68(83)100)91-70(102)60(39-47(3)4)92-73(105)64(43-51-45-88-56-28-14-12-25-53(51)56)95-72(104)61(40-48-20-7-5-8-21-48)93-74(106)63(42-50-44-87-55-27-13-11-24-52(50)55)94-69(101)57(32-33-67(82)99)89-71(103)62(41-49-22-9-6-10-23-49)96-76(108)66-31-19-37-98(66)78(110)58(29-15-16-34-80)90-75(107)65-30-18-36-97(65)77(109)54(81)26-17-35-86-79(84)85;1-2(3)4/h5-14,20-25,27-28,44-47,54,57-66,87-88H,15-19,26,29-43,80-81H2,1-4H3,(H2,82,99)(H2,83,100)(H,89,103)(H,90,107)(H,91,102)(H,92,105)(H,93,106)(H,94,101)(H,95,104)(H,96,108)(H4,84,85,86);1H3,(H,3,4). The number of hydrogen-bond donors (Lipinski definition) is 17. The normalized spacial score (nSPS) is 16.3. The van der Waals surface area contributed by atoms with Gasteiger partial charge in [-0.25, -0.2) is 0 Å². The van der Waals surface area contributed by atoms with Crippen molar-refractivity contribution < 1.29 is 67.4 Å². The molecule has 6 aromatic rings. The summed E-state index contributed by atoms with van der Waals surface area (Å²) in [6.07, 6.45) is 5.43. The van der Waals surface area contributed by atoms with Gasteiger partial charge < -0.3 is 102 Å². The van der Waals surface area contributed by atoms with Crippen LogP contribution < -0.4 is 76.9 Å². The van der Waals surface area contributed by atoms with Crippen molar-refractivity contribution in [3.05, 3.63) is 144 Å². The van der Waals surface area contributed by atoms with Crippen LogP contribution in [0.25, 0.3) is 21.8 Å². The van der Waals surface area contributed by atoms with Crippen LogP contribution in [-0.4, -0.2) is 200 Å². The Morgan fingerprint density at radius 1 is 0.474 bits per heavy atom. The second-order valence-electron chi connectivity index (χ2n) is 29.9. The summed E-state index contributed by atoms with van der Waals surface area (Å²) in [6.45, 7) is 9.48. The van der Waals surface area contributed by atoms with Gasteiger partial charge in [-0.3, -0.25) is 67.3 Å². The van der Waals surface area contributed by atoms with Crippen molar-refractivity contribution in [2.75, 3.05) is 26.2 Å². The average molecular weight is 1580 g/mol. The van der Waals surface area contributed by atoms with Crippen molar-refractivity contribution in [1.29, 1.82) is 0 Å². The van der Waals surface area contributed by atoms with Crippen LogP contribution >= 0.6 is 0 Å². The monoisotopic (exact) mass is 1580 g/mol. The van der Waals surface area contributed by atoms with Crippen molar-refractivity contribution in [3.8, 4) is 0 Å². The fourth-order valence-corrected chi connectivity index (χ4v) is 14.1. The smallest absolute Gasteiger partial charge is 0.300 e. The van der Waals surface area contributed by atoms with E-state index in [2.05, 4.69) is 57.5 Å². The highest BCUT2D eigenvalue weighted by molar-refractivity contribution is 6.00. The first-order valence-electron chi connectivity index (χ1n) is 38.9. The van der Waals surface area contributed by atoms with Crippen LogP contribution in [-0.2, 0) is 88.0 Å². The van der Waals surface area contributed by atoms with Gasteiger partial charge in [0.15, 0.2) is 5.96 Å². The number of aromatic nitrogens is 2. The van der Waals surface area contributed by atoms with Crippen molar-refractivity contribution in [3.63, 3.8) is 0 Å². The first-order chi connectivity index (χ1) is 54.4. The Kier molecular flexibility index (Phi) is 34.9. The number of carbonyl (C=O) groups excluding carboxylic acids is 12. The van der Waals surface area contributed by atoms with Crippen molar-refractivity contribution in [2.45, 2.75) is 210 Å². The first kappa shape index (κ1) is 89.5. The molecule has 4 heterocycles. The topological polar surface area (TPSA) is 545 Å². The molecular weight excluding hydrogens is 1460 g/mol. The molecule has 23 N–H and O–H groups in total. The molecule has 11 atom stereocenters. The van der Waals surface area contributed by atoms with Gasteiger partial charge in [0.05, 0.1) is 6.04 Å². The van der Waals surface area contributed by atoms with Crippen LogP contribution in [0.1, 0.15) is 140 Å². The molecule has 33 nitrogen and oxygen atoms in total. The molecule has 2 aliphatic heterocycles. The number of fused-ring (bicyclic) bond motifs is 2. The number of nitrogens with two attached hydrogens (primary N) is 6. The number of rotatable bonds is 42. The molecule has 33 heteroatoms. The van der Waals surface area contributed by atoms with E-state index >= 15 is 19.2 Å². The number of guanidine groups is 1. The summed E-state index contributed by atoms with van der Waals surface area (Å²) in [6, 6.07) is 18.1. The molecule has 114 heavy (non-hydrogen) atoms. The van der Waals surface area contributed by atoms with Crippen molar-refractivity contribution in [1.82, 2.24) is 62.3 Å². The average Bonchev–Trinajstić information content (AvgIpc) is 1.62. The number of aliphatic carboxylic acids is 1. The number of carboxylic acid groups (broad SMARTS) is 1. The van der Waals surface area contributed by atoms with E-state index in [9.17, 15) is 38.4 Å². The maximum Gasteiger partial charge on any atom is 0.300 e. The first-order valence-corrected chi connectivity index (χ1v) is 38.9. The summed E-state index contributed by atoms with van der Waals surface area (Å²) >= 11 is 0. The maximum atomic E-state index is 15.5. The Balaban J connectivity index is 0.00000439. The van der Waals surface area contributed by atoms with E-state index in [1.165, 1.54) is 9.80 Å². The lowest BCUT2D eigenvalue weighted by molar-refractivity contribution is -0.144. The number of amides is 12. The molecule has 2 aromatic heterocycles. The number of unbranched alkanes of at least 4 members (excludes halogenated alkanes) is 1. The molecule has 8 rings (SSSR count). The van der Waals surface area contributed by atoms with E-state index < -0.39 is 156 Å². The van der Waals surface area contributed by atoms with E-state index in [1.807, 2.05) is 70.2 Å².